The zero-order chi connectivity index (χ0) is 26.5. The number of nitrogens with zero attached hydrogens (tertiary/aromatic N) is 1. The Morgan fingerprint density at radius 1 is 1.00 bits per heavy atom. The van der Waals surface area contributed by atoms with Crippen molar-refractivity contribution in [3.8, 4) is 0 Å². The quantitative estimate of drug-likeness (QED) is 0.427. The van der Waals surface area contributed by atoms with E-state index < -0.39 is 23.5 Å². The van der Waals surface area contributed by atoms with E-state index in [-0.39, 0.29) is 31.4 Å². The van der Waals surface area contributed by atoms with Crippen LogP contribution in [-0.4, -0.2) is 29.3 Å². The molecule has 1 aliphatic rings. The van der Waals surface area contributed by atoms with Gasteiger partial charge in [0.15, 0.2) is 0 Å². The van der Waals surface area contributed by atoms with Crippen LogP contribution >= 0.6 is 0 Å². The van der Waals surface area contributed by atoms with Gasteiger partial charge in [0.25, 0.3) is 5.91 Å². The Labute approximate surface area is 213 Å². The van der Waals surface area contributed by atoms with Crippen molar-refractivity contribution in [3.05, 3.63) is 112 Å². The van der Waals surface area contributed by atoms with Gasteiger partial charge >= 0.3 is 5.97 Å². The second kappa shape index (κ2) is 11.2. The van der Waals surface area contributed by atoms with Crippen LogP contribution in [0.15, 0.2) is 84.1 Å². The Balaban J connectivity index is 1.61. The lowest BCUT2D eigenvalue weighted by Crippen LogP contribution is -2.38. The summed E-state index contributed by atoms with van der Waals surface area (Å²) >= 11 is 0. The summed E-state index contributed by atoms with van der Waals surface area (Å²) in [6.45, 7) is 3.70. The van der Waals surface area contributed by atoms with Gasteiger partial charge in [0.05, 0.1) is 18.7 Å². The smallest absolute Gasteiger partial charge is 0.336 e. The van der Waals surface area contributed by atoms with Crippen molar-refractivity contribution in [1.29, 1.82) is 0 Å². The zero-order valence-corrected chi connectivity index (χ0v) is 20.5. The van der Waals surface area contributed by atoms with Gasteiger partial charge in [-0.25, -0.2) is 13.6 Å². The monoisotopic (exact) mass is 504 g/mol. The number of nitrogens with one attached hydrogen (secondary N) is 1. The zero-order valence-electron chi connectivity index (χ0n) is 20.5. The summed E-state index contributed by atoms with van der Waals surface area (Å²) in [5.41, 5.74) is 2.94. The third kappa shape index (κ3) is 5.91. The molecular weight excluding hydrogens is 478 g/mol. The van der Waals surface area contributed by atoms with E-state index in [1.807, 2.05) is 0 Å². The van der Waals surface area contributed by atoms with Crippen LogP contribution in [0.2, 0.25) is 0 Å². The van der Waals surface area contributed by atoms with Crippen molar-refractivity contribution in [2.45, 2.75) is 32.7 Å². The second-order valence-electron chi connectivity index (χ2n) is 8.67. The molecule has 3 aromatic rings. The molecule has 0 bridgehead atoms. The molecule has 0 saturated heterocycles. The summed E-state index contributed by atoms with van der Waals surface area (Å²) in [6.07, 6.45) is 0.0157. The first kappa shape index (κ1) is 25.8. The fourth-order valence-electron chi connectivity index (χ4n) is 4.39. The molecule has 0 aromatic heterocycles. The van der Waals surface area contributed by atoms with E-state index >= 15 is 0 Å². The number of rotatable bonds is 7. The van der Waals surface area contributed by atoms with Crippen LogP contribution in [0, 0.1) is 11.6 Å². The first-order valence-corrected chi connectivity index (χ1v) is 11.9. The largest absolute Gasteiger partial charge is 0.463 e. The van der Waals surface area contributed by atoms with Crippen LogP contribution < -0.4 is 5.32 Å². The molecular formula is C29H26F2N2O4. The number of carbonyl (C=O) groups excluding carboxylic acids is 3. The first-order valence-electron chi connectivity index (χ1n) is 11.9. The van der Waals surface area contributed by atoms with Gasteiger partial charge in [0, 0.05) is 29.3 Å². The lowest BCUT2D eigenvalue weighted by molar-refractivity contribution is -0.140. The number of halogens is 2. The SMILES string of the molecule is CCOC(=O)C1=C(C)N(Cc2cccc(C(=O)Nc3ccc(F)cc3)c2)C(=O)C[C@@H]1c1ccc(F)cc1. The maximum atomic E-state index is 13.5. The molecule has 0 fully saturated rings. The van der Waals surface area contributed by atoms with E-state index in [9.17, 15) is 23.2 Å². The summed E-state index contributed by atoms with van der Waals surface area (Å²) < 4.78 is 31.9. The summed E-state index contributed by atoms with van der Waals surface area (Å²) in [7, 11) is 0. The maximum Gasteiger partial charge on any atom is 0.336 e. The van der Waals surface area contributed by atoms with Gasteiger partial charge in [-0.3, -0.25) is 9.59 Å². The molecule has 0 radical (unpaired) electrons. The maximum absolute atomic E-state index is 13.5. The minimum absolute atomic E-state index is 0.0157. The average Bonchev–Trinajstić information content (AvgIpc) is 2.88. The van der Waals surface area contributed by atoms with E-state index in [2.05, 4.69) is 5.32 Å². The highest BCUT2D eigenvalue weighted by Crippen LogP contribution is 2.37. The average molecular weight is 505 g/mol. The van der Waals surface area contributed by atoms with E-state index in [0.717, 1.165) is 0 Å². The first-order chi connectivity index (χ1) is 17.8. The van der Waals surface area contributed by atoms with E-state index in [1.165, 1.54) is 41.3 Å². The molecule has 1 atom stereocenters. The Hall–Kier alpha value is -4.33. The molecule has 8 heteroatoms. The van der Waals surface area contributed by atoms with Crippen molar-refractivity contribution in [3.63, 3.8) is 0 Å². The lowest BCUT2D eigenvalue weighted by atomic mass is 9.83. The Morgan fingerprint density at radius 3 is 2.30 bits per heavy atom. The predicted molar refractivity (Wildman–Crippen MR) is 134 cm³/mol. The van der Waals surface area contributed by atoms with Crippen molar-refractivity contribution in [1.82, 2.24) is 4.90 Å². The van der Waals surface area contributed by atoms with Gasteiger partial charge in [-0.2, -0.15) is 0 Å². The fourth-order valence-corrected chi connectivity index (χ4v) is 4.39. The van der Waals surface area contributed by atoms with Crippen molar-refractivity contribution in [2.75, 3.05) is 11.9 Å². The van der Waals surface area contributed by atoms with E-state index in [4.69, 9.17) is 4.74 Å². The molecule has 0 saturated carbocycles. The number of amides is 2. The number of benzene rings is 3. The topological polar surface area (TPSA) is 75.7 Å². The second-order valence-corrected chi connectivity index (χ2v) is 8.67. The van der Waals surface area contributed by atoms with Crippen LogP contribution in [0.4, 0.5) is 14.5 Å². The van der Waals surface area contributed by atoms with Gasteiger partial charge in [-0.15, -0.1) is 0 Å². The van der Waals surface area contributed by atoms with Crippen LogP contribution in [0.1, 0.15) is 47.7 Å². The fraction of sp³-hybridized carbons (Fsp3) is 0.207. The molecule has 190 valence electrons. The number of anilines is 1. The number of carbonyl (C=O) groups is 3. The Morgan fingerprint density at radius 2 is 1.65 bits per heavy atom. The number of hydrogen-bond donors (Lipinski definition) is 1. The molecule has 6 nitrogen and oxygen atoms in total. The minimum atomic E-state index is -0.559. The molecule has 4 rings (SSSR count). The van der Waals surface area contributed by atoms with Crippen LogP contribution in [-0.2, 0) is 20.9 Å². The normalized spacial score (nSPS) is 15.5. The number of hydrogen-bond acceptors (Lipinski definition) is 4. The summed E-state index contributed by atoms with van der Waals surface area (Å²) in [5.74, 6) is -2.49. The van der Waals surface area contributed by atoms with Crippen LogP contribution in [0.25, 0.3) is 0 Å². The van der Waals surface area contributed by atoms with Gasteiger partial charge in [-0.05, 0) is 73.5 Å². The third-order valence-electron chi connectivity index (χ3n) is 6.22. The molecule has 0 spiro atoms. The van der Waals surface area contributed by atoms with Crippen LogP contribution in [0.5, 0.6) is 0 Å². The van der Waals surface area contributed by atoms with Gasteiger partial charge in [0.1, 0.15) is 11.6 Å². The highest BCUT2D eigenvalue weighted by molar-refractivity contribution is 6.04. The molecule has 3 aromatic carbocycles. The molecule has 0 aliphatic carbocycles. The van der Waals surface area contributed by atoms with Gasteiger partial charge in [0.2, 0.25) is 5.91 Å². The van der Waals surface area contributed by atoms with Crippen LogP contribution in [0.3, 0.4) is 0 Å². The molecule has 1 N–H and O–H groups in total. The summed E-state index contributed by atoms with van der Waals surface area (Å²) in [6, 6.07) is 18.0. The molecule has 37 heavy (non-hydrogen) atoms. The van der Waals surface area contributed by atoms with E-state index in [1.54, 1.807) is 50.2 Å². The number of ether oxygens (including phenoxy) is 1. The summed E-state index contributed by atoms with van der Waals surface area (Å²) in [5, 5.41) is 2.71. The predicted octanol–water partition coefficient (Wildman–Crippen LogP) is 5.57. The van der Waals surface area contributed by atoms with Crippen molar-refractivity contribution in [2.24, 2.45) is 0 Å². The van der Waals surface area contributed by atoms with Gasteiger partial charge in [-0.1, -0.05) is 24.3 Å². The highest BCUT2D eigenvalue weighted by Gasteiger charge is 2.37. The van der Waals surface area contributed by atoms with E-state index in [0.29, 0.717) is 33.6 Å². The molecule has 2 amide bonds. The highest BCUT2D eigenvalue weighted by atomic mass is 19.1. The number of allylic oxidation sites excluding steroid dienone is 1. The summed E-state index contributed by atoms with van der Waals surface area (Å²) in [4.78, 5) is 40.4. The molecule has 0 unspecified atom stereocenters. The lowest BCUT2D eigenvalue weighted by Gasteiger charge is -2.34. The standard InChI is InChI=1S/C29H26F2N2O4/c1-3-37-29(36)27-18(2)33(26(34)16-25(27)20-7-9-22(30)10-8-20)17-19-5-4-6-21(15-19)28(35)32-24-13-11-23(31)12-14-24/h4-15,25H,3,16-17H2,1-2H3,(H,32,35)/t25-/m1/s1. The Kier molecular flexibility index (Phi) is 7.77. The number of esters is 1. The minimum Gasteiger partial charge on any atom is -0.463 e. The molecule has 1 heterocycles. The molecule has 1 aliphatic heterocycles. The Bertz CT molecular complexity index is 1350. The van der Waals surface area contributed by atoms with Crippen molar-refractivity contribution < 1.29 is 27.9 Å². The third-order valence-corrected chi connectivity index (χ3v) is 6.22. The van der Waals surface area contributed by atoms with Crippen molar-refractivity contribution >= 4 is 23.5 Å². The van der Waals surface area contributed by atoms with Gasteiger partial charge < -0.3 is 15.0 Å².